The second kappa shape index (κ2) is 4.85. The first-order chi connectivity index (χ1) is 9.66. The molecule has 0 unspecified atom stereocenters. The monoisotopic (exact) mass is 268 g/mol. The number of halogens is 2. The van der Waals surface area contributed by atoms with Crippen molar-refractivity contribution in [2.45, 2.75) is 0 Å². The number of hydrogen-bond acceptors (Lipinski definition) is 1. The van der Waals surface area contributed by atoms with Gasteiger partial charge in [0.25, 0.3) is 0 Å². The van der Waals surface area contributed by atoms with Crippen molar-refractivity contribution in [3.05, 3.63) is 83.4 Å². The van der Waals surface area contributed by atoms with E-state index < -0.39 is 5.82 Å². The zero-order valence-corrected chi connectivity index (χ0v) is 10.4. The molecule has 0 aromatic heterocycles. The zero-order chi connectivity index (χ0) is 14.1. The summed E-state index contributed by atoms with van der Waals surface area (Å²) in [5.41, 5.74) is 0.789. The molecule has 0 N–H and O–H groups in total. The molecule has 0 amide bonds. The van der Waals surface area contributed by atoms with Gasteiger partial charge >= 0.3 is 0 Å². The third-order valence-electron chi connectivity index (χ3n) is 3.22. The fraction of sp³-hybridized carbons (Fsp3) is 0. The lowest BCUT2D eigenvalue weighted by Crippen LogP contribution is -2.02. The highest BCUT2D eigenvalue weighted by Crippen LogP contribution is 2.24. The van der Waals surface area contributed by atoms with Gasteiger partial charge in [-0.1, -0.05) is 24.3 Å². The Morgan fingerprint density at radius 3 is 2.10 bits per heavy atom. The van der Waals surface area contributed by atoms with Gasteiger partial charge in [-0.3, -0.25) is 4.79 Å². The Morgan fingerprint density at radius 1 is 0.750 bits per heavy atom. The Morgan fingerprint density at radius 2 is 1.40 bits per heavy atom. The lowest BCUT2D eigenvalue weighted by atomic mass is 9.97. The molecule has 0 saturated carbocycles. The van der Waals surface area contributed by atoms with Crippen LogP contribution in [0.3, 0.4) is 0 Å². The van der Waals surface area contributed by atoms with Gasteiger partial charge in [0.2, 0.25) is 0 Å². The van der Waals surface area contributed by atoms with Crippen molar-refractivity contribution in [2.24, 2.45) is 0 Å². The molecule has 98 valence electrons. The minimum Gasteiger partial charge on any atom is -0.289 e. The zero-order valence-electron chi connectivity index (χ0n) is 10.4. The smallest absolute Gasteiger partial charge is 0.193 e. The van der Waals surface area contributed by atoms with Crippen LogP contribution in [0, 0.1) is 11.6 Å². The molecule has 0 atom stereocenters. The number of ketones is 1. The summed E-state index contributed by atoms with van der Waals surface area (Å²) in [6, 6.07) is 14.9. The molecule has 0 heterocycles. The van der Waals surface area contributed by atoms with Crippen molar-refractivity contribution in [2.75, 3.05) is 0 Å². The number of carbonyl (C=O) groups is 1. The molecular formula is C17H10F2O. The molecule has 3 aromatic rings. The van der Waals surface area contributed by atoms with Crippen LogP contribution in [0.15, 0.2) is 60.7 Å². The second-order valence-corrected chi connectivity index (χ2v) is 4.48. The van der Waals surface area contributed by atoms with E-state index in [0.29, 0.717) is 21.9 Å². The summed E-state index contributed by atoms with van der Waals surface area (Å²) in [7, 11) is 0. The highest BCUT2D eigenvalue weighted by atomic mass is 19.1. The summed E-state index contributed by atoms with van der Waals surface area (Å²) in [5, 5.41) is 0.960. The number of carbonyl (C=O) groups excluding carboxylic acids is 1. The van der Waals surface area contributed by atoms with E-state index in [9.17, 15) is 13.6 Å². The van der Waals surface area contributed by atoms with Crippen molar-refractivity contribution < 1.29 is 13.6 Å². The summed E-state index contributed by atoms with van der Waals surface area (Å²) in [6.45, 7) is 0. The Hall–Kier alpha value is -2.55. The topological polar surface area (TPSA) is 17.1 Å². The maximum Gasteiger partial charge on any atom is 0.193 e. The quantitative estimate of drug-likeness (QED) is 0.631. The molecule has 0 spiro atoms. The lowest BCUT2D eigenvalue weighted by molar-refractivity contribution is 0.104. The van der Waals surface area contributed by atoms with Gasteiger partial charge < -0.3 is 0 Å². The van der Waals surface area contributed by atoms with Gasteiger partial charge in [0.1, 0.15) is 11.6 Å². The first-order valence-corrected chi connectivity index (χ1v) is 6.14. The maximum atomic E-state index is 13.7. The highest BCUT2D eigenvalue weighted by Gasteiger charge is 2.14. The largest absolute Gasteiger partial charge is 0.289 e. The van der Waals surface area contributed by atoms with E-state index in [-0.39, 0.29) is 11.6 Å². The van der Waals surface area contributed by atoms with E-state index in [1.54, 1.807) is 24.3 Å². The van der Waals surface area contributed by atoms with Crippen LogP contribution in [-0.4, -0.2) is 5.78 Å². The van der Waals surface area contributed by atoms with E-state index in [1.165, 1.54) is 36.4 Å². The van der Waals surface area contributed by atoms with Gasteiger partial charge in [0, 0.05) is 16.5 Å². The van der Waals surface area contributed by atoms with Gasteiger partial charge in [-0.05, 0) is 41.8 Å². The maximum absolute atomic E-state index is 13.7. The normalized spacial score (nSPS) is 10.7. The van der Waals surface area contributed by atoms with E-state index >= 15 is 0 Å². The third kappa shape index (κ3) is 2.07. The minimum atomic E-state index is -0.398. The van der Waals surface area contributed by atoms with Crippen molar-refractivity contribution in [1.29, 1.82) is 0 Å². The molecular weight excluding hydrogens is 258 g/mol. The van der Waals surface area contributed by atoms with Crippen LogP contribution < -0.4 is 0 Å². The van der Waals surface area contributed by atoms with Crippen LogP contribution in [0.4, 0.5) is 8.78 Å². The van der Waals surface area contributed by atoms with Gasteiger partial charge in [-0.2, -0.15) is 0 Å². The number of hydrogen-bond donors (Lipinski definition) is 0. The summed E-state index contributed by atoms with van der Waals surface area (Å²) in [6.07, 6.45) is 0. The molecule has 0 aliphatic carbocycles. The van der Waals surface area contributed by atoms with Gasteiger partial charge in [0.15, 0.2) is 5.78 Å². The second-order valence-electron chi connectivity index (χ2n) is 4.48. The fourth-order valence-corrected chi connectivity index (χ4v) is 2.22. The van der Waals surface area contributed by atoms with E-state index in [1.807, 2.05) is 0 Å². The molecule has 20 heavy (non-hydrogen) atoms. The van der Waals surface area contributed by atoms with Crippen molar-refractivity contribution in [3.63, 3.8) is 0 Å². The standard InChI is InChI=1S/C17H10F2O/c18-12-7-5-11(6-8-12)17(20)15-9-10-16(19)14-4-2-1-3-13(14)15/h1-10H. The van der Waals surface area contributed by atoms with Crippen molar-refractivity contribution >= 4 is 16.6 Å². The molecule has 0 aliphatic heterocycles. The van der Waals surface area contributed by atoms with Crippen LogP contribution in [-0.2, 0) is 0 Å². The average Bonchev–Trinajstić information content (AvgIpc) is 2.48. The third-order valence-corrected chi connectivity index (χ3v) is 3.22. The Balaban J connectivity index is 2.17. The van der Waals surface area contributed by atoms with Gasteiger partial charge in [-0.15, -0.1) is 0 Å². The first-order valence-electron chi connectivity index (χ1n) is 6.14. The predicted molar refractivity (Wildman–Crippen MR) is 73.7 cm³/mol. The SMILES string of the molecule is O=C(c1ccc(F)cc1)c1ccc(F)c2ccccc12. The van der Waals surface area contributed by atoms with E-state index in [2.05, 4.69) is 0 Å². The molecule has 1 nitrogen and oxygen atoms in total. The molecule has 3 heteroatoms. The highest BCUT2D eigenvalue weighted by molar-refractivity contribution is 6.16. The summed E-state index contributed by atoms with van der Waals surface area (Å²) in [4.78, 5) is 12.4. The van der Waals surface area contributed by atoms with Gasteiger partial charge in [-0.25, -0.2) is 8.78 Å². The molecule has 0 bridgehead atoms. The number of fused-ring (bicyclic) bond motifs is 1. The van der Waals surface area contributed by atoms with Crippen LogP contribution in [0.2, 0.25) is 0 Å². The van der Waals surface area contributed by atoms with E-state index in [0.717, 1.165) is 0 Å². The molecule has 0 aliphatic rings. The van der Waals surface area contributed by atoms with Gasteiger partial charge in [0.05, 0.1) is 0 Å². The predicted octanol–water partition coefficient (Wildman–Crippen LogP) is 4.35. The molecule has 3 rings (SSSR count). The Bertz CT molecular complexity index is 792. The molecule has 0 fully saturated rings. The first kappa shape index (κ1) is 12.5. The van der Waals surface area contributed by atoms with Crippen LogP contribution in [0.5, 0.6) is 0 Å². The van der Waals surface area contributed by atoms with Crippen molar-refractivity contribution in [3.8, 4) is 0 Å². The van der Waals surface area contributed by atoms with Crippen LogP contribution in [0.1, 0.15) is 15.9 Å². The van der Waals surface area contributed by atoms with E-state index in [4.69, 9.17) is 0 Å². The summed E-state index contributed by atoms with van der Waals surface area (Å²) in [5.74, 6) is -1.01. The Kier molecular flexibility index (Phi) is 3.03. The number of benzene rings is 3. The summed E-state index contributed by atoms with van der Waals surface area (Å²) < 4.78 is 26.6. The summed E-state index contributed by atoms with van der Waals surface area (Å²) >= 11 is 0. The molecule has 0 saturated heterocycles. The molecule has 0 radical (unpaired) electrons. The average molecular weight is 268 g/mol. The van der Waals surface area contributed by atoms with Crippen LogP contribution >= 0.6 is 0 Å². The lowest BCUT2D eigenvalue weighted by Gasteiger charge is -2.07. The number of rotatable bonds is 2. The van der Waals surface area contributed by atoms with Crippen molar-refractivity contribution in [1.82, 2.24) is 0 Å². The minimum absolute atomic E-state index is 0.249. The van der Waals surface area contributed by atoms with Crippen LogP contribution in [0.25, 0.3) is 10.8 Å². The Labute approximate surface area is 114 Å². The fourth-order valence-electron chi connectivity index (χ4n) is 2.22. The molecule has 3 aromatic carbocycles.